The van der Waals surface area contributed by atoms with E-state index in [0.717, 1.165) is 12.0 Å². The molecule has 0 aliphatic rings. The number of methoxy groups -OCH3 is 1. The van der Waals surface area contributed by atoms with Crippen LogP contribution in [0.1, 0.15) is 11.5 Å². The van der Waals surface area contributed by atoms with Gasteiger partial charge >= 0.3 is 6.03 Å². The van der Waals surface area contributed by atoms with E-state index in [1.54, 1.807) is 25.2 Å². The van der Waals surface area contributed by atoms with Crippen molar-refractivity contribution in [3.8, 4) is 5.75 Å². The Hall–Kier alpha value is -2.68. The van der Waals surface area contributed by atoms with E-state index in [1.165, 1.54) is 18.1 Å². The van der Waals surface area contributed by atoms with Crippen molar-refractivity contribution in [1.29, 1.82) is 0 Å². The summed E-state index contributed by atoms with van der Waals surface area (Å²) in [5.74, 6) is 1.79. The molecular formula is C16H21N3O5S. The number of carbonyl (C=O) groups is 1. The van der Waals surface area contributed by atoms with Gasteiger partial charge in [0.05, 0.1) is 25.6 Å². The monoisotopic (exact) mass is 367 g/mol. The highest BCUT2D eigenvalue weighted by atomic mass is 32.2. The third-order valence-corrected chi connectivity index (χ3v) is 3.87. The van der Waals surface area contributed by atoms with Gasteiger partial charge < -0.3 is 19.4 Å². The molecule has 0 atom stereocenters. The Balaban J connectivity index is 2.10. The van der Waals surface area contributed by atoms with Crippen LogP contribution < -0.4 is 14.8 Å². The lowest BCUT2D eigenvalue weighted by molar-refractivity contribution is 0.216. The zero-order valence-corrected chi connectivity index (χ0v) is 15.3. The summed E-state index contributed by atoms with van der Waals surface area (Å²) in [6, 6.07) is 7.95. The minimum atomic E-state index is -3.48. The van der Waals surface area contributed by atoms with Crippen molar-refractivity contribution in [1.82, 2.24) is 4.90 Å². The molecule has 0 fully saturated rings. The van der Waals surface area contributed by atoms with Crippen molar-refractivity contribution >= 4 is 27.4 Å². The molecule has 2 aromatic rings. The van der Waals surface area contributed by atoms with Crippen molar-refractivity contribution in [3.05, 3.63) is 41.9 Å². The van der Waals surface area contributed by atoms with Crippen molar-refractivity contribution in [3.63, 3.8) is 0 Å². The van der Waals surface area contributed by atoms with E-state index in [2.05, 4.69) is 10.0 Å². The summed E-state index contributed by atoms with van der Waals surface area (Å²) in [6.45, 7) is 2.14. The first-order chi connectivity index (χ1) is 11.7. The summed E-state index contributed by atoms with van der Waals surface area (Å²) in [5, 5.41) is 2.70. The predicted molar refractivity (Wildman–Crippen MR) is 95.4 cm³/mol. The number of carbonyl (C=O) groups excluding carboxylic acids is 1. The molecule has 1 aromatic heterocycles. The number of ether oxygens (including phenoxy) is 1. The predicted octanol–water partition coefficient (Wildman–Crippen LogP) is 2.63. The zero-order chi connectivity index (χ0) is 18.6. The molecular weight excluding hydrogens is 346 g/mol. The molecule has 0 bridgehead atoms. The Morgan fingerprint density at radius 1 is 1.28 bits per heavy atom. The molecule has 9 heteroatoms. The second-order valence-electron chi connectivity index (χ2n) is 5.59. The zero-order valence-electron chi connectivity index (χ0n) is 14.5. The van der Waals surface area contributed by atoms with Crippen LogP contribution in [0.25, 0.3) is 0 Å². The minimum Gasteiger partial charge on any atom is -0.495 e. The molecule has 1 aromatic carbocycles. The second kappa shape index (κ2) is 7.47. The van der Waals surface area contributed by atoms with Crippen LogP contribution in [0.5, 0.6) is 5.75 Å². The molecule has 2 N–H and O–H groups in total. The molecule has 0 spiro atoms. The number of aryl methyl sites for hydroxylation is 1. The number of hydrogen-bond donors (Lipinski definition) is 2. The number of nitrogens with zero attached hydrogens (tertiary/aromatic N) is 1. The third kappa shape index (κ3) is 5.42. The van der Waals surface area contributed by atoms with Gasteiger partial charge in [0.25, 0.3) is 0 Å². The van der Waals surface area contributed by atoms with Gasteiger partial charge in [-0.15, -0.1) is 0 Å². The van der Waals surface area contributed by atoms with E-state index < -0.39 is 10.0 Å². The average Bonchev–Trinajstić information content (AvgIpc) is 2.91. The Kier molecular flexibility index (Phi) is 5.58. The number of benzene rings is 1. The fourth-order valence-corrected chi connectivity index (χ4v) is 2.72. The molecule has 8 nitrogen and oxygen atoms in total. The van der Waals surface area contributed by atoms with E-state index in [-0.39, 0.29) is 11.7 Å². The number of amides is 2. The maximum Gasteiger partial charge on any atom is 0.321 e. The lowest BCUT2D eigenvalue weighted by Crippen LogP contribution is -2.30. The van der Waals surface area contributed by atoms with Crippen molar-refractivity contribution in [2.45, 2.75) is 13.5 Å². The van der Waals surface area contributed by atoms with Crippen LogP contribution in [0.15, 0.2) is 34.7 Å². The number of hydrogen-bond acceptors (Lipinski definition) is 5. The second-order valence-corrected chi connectivity index (χ2v) is 7.34. The van der Waals surface area contributed by atoms with Gasteiger partial charge in [0.1, 0.15) is 17.3 Å². The van der Waals surface area contributed by atoms with Gasteiger partial charge in [0.2, 0.25) is 10.0 Å². The van der Waals surface area contributed by atoms with Crippen LogP contribution in [-0.4, -0.2) is 39.8 Å². The molecule has 2 rings (SSSR count). The standard InChI is InChI=1S/C16H21N3O5S/c1-11-5-7-13(24-11)10-19(2)16(20)17-12-6-8-15(23-3)14(9-12)18-25(4,21)22/h5-9,18H,10H2,1-4H3,(H,17,20). The van der Waals surface area contributed by atoms with Gasteiger partial charge in [0, 0.05) is 12.7 Å². The molecule has 0 aliphatic heterocycles. The van der Waals surface area contributed by atoms with E-state index >= 15 is 0 Å². The number of nitrogens with one attached hydrogen (secondary N) is 2. The number of urea groups is 1. The Morgan fingerprint density at radius 3 is 2.56 bits per heavy atom. The average molecular weight is 367 g/mol. The summed E-state index contributed by atoms with van der Waals surface area (Å²) >= 11 is 0. The molecule has 0 saturated carbocycles. The van der Waals surface area contributed by atoms with Gasteiger partial charge in [-0.2, -0.15) is 0 Å². The number of furan rings is 1. The molecule has 1 heterocycles. The Morgan fingerprint density at radius 2 is 2.00 bits per heavy atom. The Labute approximate surface area is 146 Å². The molecule has 0 radical (unpaired) electrons. The maximum atomic E-state index is 12.3. The normalized spacial score (nSPS) is 11.0. The lowest BCUT2D eigenvalue weighted by atomic mass is 10.2. The van der Waals surface area contributed by atoms with Crippen LogP contribution in [0.4, 0.5) is 16.2 Å². The van der Waals surface area contributed by atoms with Crippen LogP contribution in [0.2, 0.25) is 0 Å². The van der Waals surface area contributed by atoms with Crippen molar-refractivity contribution < 1.29 is 22.4 Å². The van der Waals surface area contributed by atoms with Gasteiger partial charge in [0.15, 0.2) is 0 Å². The SMILES string of the molecule is COc1ccc(NC(=O)N(C)Cc2ccc(C)o2)cc1NS(C)(=O)=O. The summed E-state index contributed by atoms with van der Waals surface area (Å²) < 4.78 is 35.8. The molecule has 0 aliphatic carbocycles. The summed E-state index contributed by atoms with van der Waals surface area (Å²) in [5.41, 5.74) is 0.673. The first kappa shape index (κ1) is 18.7. The third-order valence-electron chi connectivity index (χ3n) is 3.28. The highest BCUT2D eigenvalue weighted by Gasteiger charge is 2.14. The molecule has 25 heavy (non-hydrogen) atoms. The number of rotatable bonds is 6. The minimum absolute atomic E-state index is 0.243. The van der Waals surface area contributed by atoms with E-state index in [4.69, 9.17) is 9.15 Å². The van der Waals surface area contributed by atoms with Gasteiger partial charge in [-0.1, -0.05) is 0 Å². The van der Waals surface area contributed by atoms with Crippen molar-refractivity contribution in [2.75, 3.05) is 30.5 Å². The van der Waals surface area contributed by atoms with Crippen molar-refractivity contribution in [2.24, 2.45) is 0 Å². The van der Waals surface area contributed by atoms with Gasteiger partial charge in [-0.05, 0) is 37.3 Å². The van der Waals surface area contributed by atoms with E-state index in [9.17, 15) is 13.2 Å². The number of sulfonamides is 1. The first-order valence-corrected chi connectivity index (χ1v) is 9.30. The van der Waals surface area contributed by atoms with Crippen LogP contribution in [0.3, 0.4) is 0 Å². The lowest BCUT2D eigenvalue weighted by Gasteiger charge is -2.18. The Bertz CT molecular complexity index is 860. The molecule has 2 amide bonds. The van der Waals surface area contributed by atoms with Gasteiger partial charge in [-0.25, -0.2) is 13.2 Å². The molecule has 0 saturated heterocycles. The summed E-state index contributed by atoms with van der Waals surface area (Å²) in [6.07, 6.45) is 1.04. The molecule has 0 unspecified atom stereocenters. The van der Waals surface area contributed by atoms with Crippen LogP contribution >= 0.6 is 0 Å². The fraction of sp³-hybridized carbons (Fsp3) is 0.312. The largest absolute Gasteiger partial charge is 0.495 e. The van der Waals surface area contributed by atoms with E-state index in [1.807, 2.05) is 13.0 Å². The number of anilines is 2. The molecule has 136 valence electrons. The summed E-state index contributed by atoms with van der Waals surface area (Å²) in [4.78, 5) is 13.7. The van der Waals surface area contributed by atoms with Crippen LogP contribution in [-0.2, 0) is 16.6 Å². The first-order valence-electron chi connectivity index (χ1n) is 7.41. The topological polar surface area (TPSA) is 101 Å². The fourth-order valence-electron chi connectivity index (χ4n) is 2.16. The maximum absolute atomic E-state index is 12.3. The highest BCUT2D eigenvalue weighted by molar-refractivity contribution is 7.92. The van der Waals surface area contributed by atoms with Gasteiger partial charge in [-0.3, -0.25) is 4.72 Å². The summed E-state index contributed by atoms with van der Waals surface area (Å²) in [7, 11) is -0.413. The van der Waals surface area contributed by atoms with E-state index in [0.29, 0.717) is 23.7 Å². The smallest absolute Gasteiger partial charge is 0.321 e. The highest BCUT2D eigenvalue weighted by Crippen LogP contribution is 2.28. The van der Waals surface area contributed by atoms with Crippen LogP contribution in [0, 0.1) is 6.92 Å². The quantitative estimate of drug-likeness (QED) is 0.817.